The van der Waals surface area contributed by atoms with Crippen LogP contribution in [0.1, 0.15) is 5.56 Å². The zero-order chi connectivity index (χ0) is 21.4. The van der Waals surface area contributed by atoms with Crippen LogP contribution in [0.15, 0.2) is 30.3 Å². The molecule has 0 spiro atoms. The van der Waals surface area contributed by atoms with Gasteiger partial charge in [0.25, 0.3) is 0 Å². The lowest BCUT2D eigenvalue weighted by Crippen LogP contribution is -2.14. The van der Waals surface area contributed by atoms with Crippen LogP contribution in [0.25, 0.3) is 0 Å². The van der Waals surface area contributed by atoms with Gasteiger partial charge in [-0.15, -0.1) is 0 Å². The zero-order valence-electron chi connectivity index (χ0n) is 18.3. The highest BCUT2D eigenvalue weighted by Crippen LogP contribution is 1.99. The molecule has 1 rings (SSSR count). The van der Waals surface area contributed by atoms with E-state index in [2.05, 4.69) is 0 Å². The molecule has 0 aliphatic carbocycles. The van der Waals surface area contributed by atoms with Crippen LogP contribution in [0.3, 0.4) is 0 Å². The molecular formula is C22H38O8. The van der Waals surface area contributed by atoms with Gasteiger partial charge < -0.3 is 37.9 Å². The molecule has 1 aromatic carbocycles. The summed E-state index contributed by atoms with van der Waals surface area (Å²) in [6.45, 7) is 8.43. The average molecular weight is 431 g/mol. The minimum atomic E-state index is 0.540. The Bertz CT molecular complexity index is 446. The van der Waals surface area contributed by atoms with Crippen molar-refractivity contribution in [1.82, 2.24) is 0 Å². The van der Waals surface area contributed by atoms with Gasteiger partial charge in [-0.05, 0) is 5.56 Å². The first kappa shape index (κ1) is 26.9. The third kappa shape index (κ3) is 18.9. The Labute approximate surface area is 180 Å². The molecule has 30 heavy (non-hydrogen) atoms. The van der Waals surface area contributed by atoms with Crippen LogP contribution in [0.4, 0.5) is 0 Å². The number of hydrogen-bond acceptors (Lipinski definition) is 8. The second-order valence-corrected chi connectivity index (χ2v) is 6.21. The molecule has 0 bridgehead atoms. The molecule has 174 valence electrons. The molecule has 0 fully saturated rings. The molecular weight excluding hydrogens is 392 g/mol. The van der Waals surface area contributed by atoms with Gasteiger partial charge in [0.1, 0.15) is 0 Å². The first-order valence-corrected chi connectivity index (χ1v) is 10.5. The quantitative estimate of drug-likeness (QED) is 0.244. The van der Waals surface area contributed by atoms with E-state index in [-0.39, 0.29) is 0 Å². The molecule has 0 aliphatic heterocycles. The highest BCUT2D eigenvalue weighted by Gasteiger charge is 1.95. The van der Waals surface area contributed by atoms with Gasteiger partial charge in [-0.1, -0.05) is 30.3 Å². The number of methoxy groups -OCH3 is 1. The van der Waals surface area contributed by atoms with E-state index in [1.54, 1.807) is 7.11 Å². The average Bonchev–Trinajstić information content (AvgIpc) is 2.78. The predicted molar refractivity (Wildman–Crippen MR) is 113 cm³/mol. The minimum absolute atomic E-state index is 0.540. The Morgan fingerprint density at radius 1 is 0.433 bits per heavy atom. The van der Waals surface area contributed by atoms with Crippen LogP contribution in [0, 0.1) is 0 Å². The van der Waals surface area contributed by atoms with E-state index in [1.807, 2.05) is 30.3 Å². The number of hydrogen-bond donors (Lipinski definition) is 0. The van der Waals surface area contributed by atoms with E-state index in [1.165, 1.54) is 5.56 Å². The molecule has 8 nitrogen and oxygen atoms in total. The Balaban J connectivity index is 1.65. The second kappa shape index (κ2) is 22.6. The maximum Gasteiger partial charge on any atom is 0.0718 e. The lowest BCUT2D eigenvalue weighted by atomic mass is 10.2. The summed E-state index contributed by atoms with van der Waals surface area (Å²) in [5, 5.41) is 0. The highest BCUT2D eigenvalue weighted by molar-refractivity contribution is 5.13. The monoisotopic (exact) mass is 430 g/mol. The third-order valence-corrected chi connectivity index (χ3v) is 3.78. The maximum absolute atomic E-state index is 5.54. The topological polar surface area (TPSA) is 73.8 Å². The predicted octanol–water partition coefficient (Wildman–Crippen LogP) is 1.95. The van der Waals surface area contributed by atoms with Gasteiger partial charge in [0.2, 0.25) is 0 Å². The smallest absolute Gasteiger partial charge is 0.0718 e. The number of rotatable bonds is 23. The van der Waals surface area contributed by atoms with Crippen molar-refractivity contribution in [1.29, 1.82) is 0 Å². The lowest BCUT2D eigenvalue weighted by Gasteiger charge is -2.08. The fraction of sp³-hybridized carbons (Fsp3) is 0.727. The van der Waals surface area contributed by atoms with Gasteiger partial charge in [0, 0.05) is 7.11 Å². The van der Waals surface area contributed by atoms with Gasteiger partial charge in [-0.3, -0.25) is 0 Å². The van der Waals surface area contributed by atoms with Crippen molar-refractivity contribution < 1.29 is 37.9 Å². The van der Waals surface area contributed by atoms with E-state index < -0.39 is 0 Å². The molecule has 0 amide bonds. The second-order valence-electron chi connectivity index (χ2n) is 6.21. The van der Waals surface area contributed by atoms with E-state index >= 15 is 0 Å². The summed E-state index contributed by atoms with van der Waals surface area (Å²) in [6, 6.07) is 10.1. The van der Waals surface area contributed by atoms with Gasteiger partial charge in [-0.2, -0.15) is 0 Å². The third-order valence-electron chi connectivity index (χ3n) is 3.78. The summed E-state index contributed by atoms with van der Waals surface area (Å²) >= 11 is 0. The molecule has 1 aromatic rings. The molecule has 0 unspecified atom stereocenters. The van der Waals surface area contributed by atoms with Crippen molar-refractivity contribution in [2.75, 3.05) is 99.6 Å². The van der Waals surface area contributed by atoms with Gasteiger partial charge in [0.15, 0.2) is 0 Å². The first-order valence-electron chi connectivity index (χ1n) is 10.5. The summed E-state index contributed by atoms with van der Waals surface area (Å²) in [6.07, 6.45) is 0. The highest BCUT2D eigenvalue weighted by atomic mass is 16.6. The Morgan fingerprint density at radius 3 is 1.13 bits per heavy atom. The molecule has 0 radical (unpaired) electrons. The van der Waals surface area contributed by atoms with Crippen LogP contribution in [-0.2, 0) is 44.5 Å². The normalized spacial score (nSPS) is 11.2. The molecule has 0 aromatic heterocycles. The summed E-state index contributed by atoms with van der Waals surface area (Å²) in [5.74, 6) is 0. The van der Waals surface area contributed by atoms with Gasteiger partial charge in [-0.25, -0.2) is 0 Å². The van der Waals surface area contributed by atoms with E-state index in [4.69, 9.17) is 37.9 Å². The Morgan fingerprint density at radius 2 is 0.767 bits per heavy atom. The summed E-state index contributed by atoms with van der Waals surface area (Å²) in [5.41, 5.74) is 1.17. The van der Waals surface area contributed by atoms with Crippen LogP contribution in [0.2, 0.25) is 0 Å². The summed E-state index contributed by atoms with van der Waals surface area (Å²) in [7, 11) is 1.65. The van der Waals surface area contributed by atoms with Crippen molar-refractivity contribution in [2.45, 2.75) is 6.61 Å². The van der Waals surface area contributed by atoms with E-state index in [9.17, 15) is 0 Å². The first-order chi connectivity index (χ1) is 14.9. The molecule has 0 atom stereocenters. The number of benzene rings is 1. The Kier molecular flexibility index (Phi) is 20.3. The Hall–Kier alpha value is -1.10. The number of ether oxygens (including phenoxy) is 8. The van der Waals surface area contributed by atoms with E-state index in [0.717, 1.165) is 0 Å². The van der Waals surface area contributed by atoms with Crippen LogP contribution >= 0.6 is 0 Å². The van der Waals surface area contributed by atoms with Crippen LogP contribution < -0.4 is 0 Å². The van der Waals surface area contributed by atoms with Crippen molar-refractivity contribution in [3.05, 3.63) is 35.9 Å². The van der Waals surface area contributed by atoms with Crippen molar-refractivity contribution in [2.24, 2.45) is 0 Å². The van der Waals surface area contributed by atoms with Crippen molar-refractivity contribution in [3.8, 4) is 0 Å². The zero-order valence-corrected chi connectivity index (χ0v) is 18.3. The maximum atomic E-state index is 5.54. The molecule has 0 heterocycles. The van der Waals surface area contributed by atoms with Crippen LogP contribution in [0.5, 0.6) is 0 Å². The summed E-state index contributed by atoms with van der Waals surface area (Å²) < 4.78 is 42.8. The van der Waals surface area contributed by atoms with Crippen molar-refractivity contribution in [3.63, 3.8) is 0 Å². The molecule has 0 aliphatic rings. The molecule has 0 saturated heterocycles. The molecule has 0 saturated carbocycles. The molecule has 8 heteroatoms. The van der Waals surface area contributed by atoms with Gasteiger partial charge >= 0.3 is 0 Å². The summed E-state index contributed by atoms with van der Waals surface area (Å²) in [4.78, 5) is 0. The standard InChI is InChI=1S/C22H38O8/c1-23-7-8-24-9-10-25-11-12-26-13-14-27-15-16-28-17-18-29-19-20-30-21-22-5-3-2-4-6-22/h2-6H,7-21H2,1H3. The fourth-order valence-corrected chi connectivity index (χ4v) is 2.23. The lowest BCUT2D eigenvalue weighted by molar-refractivity contribution is -0.0226. The van der Waals surface area contributed by atoms with Crippen molar-refractivity contribution >= 4 is 0 Å². The molecule has 0 N–H and O–H groups in total. The van der Waals surface area contributed by atoms with E-state index in [0.29, 0.717) is 99.1 Å². The fourth-order valence-electron chi connectivity index (χ4n) is 2.23. The van der Waals surface area contributed by atoms with Gasteiger partial charge in [0.05, 0.1) is 99.1 Å². The largest absolute Gasteiger partial charge is 0.382 e. The SMILES string of the molecule is COCCOCCOCCOCCOCCOCCOCCOCc1ccccc1. The minimum Gasteiger partial charge on any atom is -0.382 e. The van der Waals surface area contributed by atoms with Crippen LogP contribution in [-0.4, -0.2) is 99.6 Å².